The predicted octanol–water partition coefficient (Wildman–Crippen LogP) is 2.90. The first kappa shape index (κ1) is 10.3. The molecule has 7 rings (SSSR count). The maximum absolute atomic E-state index is 11.9. The van der Waals surface area contributed by atoms with Crippen LogP contribution in [0.2, 0.25) is 0 Å². The van der Waals surface area contributed by atoms with E-state index in [2.05, 4.69) is 0 Å². The molecular formula is C16H8O3. The molecule has 0 amide bonds. The minimum atomic E-state index is -0.612. The molecule has 7 aromatic rings. The van der Waals surface area contributed by atoms with E-state index in [0.29, 0.717) is 10.8 Å². The Kier molecular flexibility index (Phi) is 1.85. The monoisotopic (exact) mass is 248 g/mol. The van der Waals surface area contributed by atoms with E-state index in [1.807, 2.05) is 24.3 Å². The summed E-state index contributed by atoms with van der Waals surface area (Å²) >= 11 is 0. The lowest BCUT2D eigenvalue weighted by Crippen LogP contribution is -2.06. The number of hydrogen-bond donors (Lipinski definition) is 0. The second-order valence-electron chi connectivity index (χ2n) is 4.65. The zero-order valence-electron chi connectivity index (χ0n) is 9.84. The SMILES string of the molecule is O=c1oc(=O)c2ccc3cc4cc1ccc4cc3c2. The van der Waals surface area contributed by atoms with Gasteiger partial charge in [0.2, 0.25) is 0 Å². The fourth-order valence-corrected chi connectivity index (χ4v) is 2.45. The van der Waals surface area contributed by atoms with Crippen LogP contribution in [0.5, 0.6) is 0 Å². The molecule has 3 heteroatoms. The quantitative estimate of drug-likeness (QED) is 0.449. The molecule has 0 fully saturated rings. The Labute approximate surface area is 107 Å². The lowest BCUT2D eigenvalue weighted by atomic mass is 10.0. The highest BCUT2D eigenvalue weighted by molar-refractivity contribution is 6.01. The van der Waals surface area contributed by atoms with Gasteiger partial charge in [0, 0.05) is 0 Å². The van der Waals surface area contributed by atoms with Crippen molar-refractivity contribution < 1.29 is 4.42 Å². The van der Waals surface area contributed by atoms with Crippen LogP contribution >= 0.6 is 0 Å². The van der Waals surface area contributed by atoms with Crippen molar-refractivity contribution in [2.75, 3.05) is 0 Å². The minimum absolute atomic E-state index is 0.391. The summed E-state index contributed by atoms with van der Waals surface area (Å²) < 4.78 is 4.87. The molecule has 4 aromatic heterocycles. The summed E-state index contributed by atoms with van der Waals surface area (Å²) in [7, 11) is 0. The third-order valence-corrected chi connectivity index (χ3v) is 3.45. The van der Waals surface area contributed by atoms with Crippen LogP contribution in [0.4, 0.5) is 0 Å². The van der Waals surface area contributed by atoms with E-state index in [4.69, 9.17) is 4.42 Å². The van der Waals surface area contributed by atoms with Crippen molar-refractivity contribution in [3.63, 3.8) is 0 Å². The second-order valence-corrected chi connectivity index (χ2v) is 4.65. The standard InChI is InChI=1S/C16H8O3/c17-15-11-3-1-9-5-14-8-12(16(18)19-15)4-2-10(14)6-13(9)7-11/h1-8H. The fourth-order valence-electron chi connectivity index (χ4n) is 2.45. The molecule has 0 unspecified atom stereocenters. The van der Waals surface area contributed by atoms with Crippen LogP contribution < -0.4 is 11.3 Å². The van der Waals surface area contributed by atoms with E-state index in [9.17, 15) is 9.59 Å². The molecule has 3 aromatic carbocycles. The van der Waals surface area contributed by atoms with E-state index in [-0.39, 0.29) is 0 Å². The van der Waals surface area contributed by atoms with Gasteiger partial charge in [0.25, 0.3) is 0 Å². The Hall–Kier alpha value is -2.68. The summed E-state index contributed by atoms with van der Waals surface area (Å²) in [5, 5.41) is 4.78. The highest BCUT2D eigenvalue weighted by Crippen LogP contribution is 2.24. The molecule has 0 spiro atoms. The number of benzene rings is 3. The van der Waals surface area contributed by atoms with Crippen LogP contribution in [0.3, 0.4) is 0 Å². The van der Waals surface area contributed by atoms with E-state index in [1.165, 1.54) is 0 Å². The number of rotatable bonds is 0. The van der Waals surface area contributed by atoms with Gasteiger partial charge in [-0.1, -0.05) is 12.1 Å². The van der Waals surface area contributed by atoms with Crippen LogP contribution in [0.1, 0.15) is 0 Å². The molecule has 0 N–H and O–H groups in total. The van der Waals surface area contributed by atoms with Gasteiger partial charge in [-0.2, -0.15) is 0 Å². The molecular weight excluding hydrogens is 240 g/mol. The van der Waals surface area contributed by atoms with Crippen LogP contribution in [0.25, 0.3) is 32.3 Å². The Bertz CT molecular complexity index is 960. The predicted molar refractivity (Wildman–Crippen MR) is 75.0 cm³/mol. The Morgan fingerprint density at radius 2 is 0.895 bits per heavy atom. The van der Waals surface area contributed by atoms with E-state index in [0.717, 1.165) is 21.5 Å². The van der Waals surface area contributed by atoms with Crippen LogP contribution in [-0.4, -0.2) is 0 Å². The van der Waals surface area contributed by atoms with Gasteiger partial charge in [0.1, 0.15) is 0 Å². The van der Waals surface area contributed by atoms with Gasteiger partial charge < -0.3 is 4.42 Å². The van der Waals surface area contributed by atoms with Crippen molar-refractivity contribution in [2.45, 2.75) is 0 Å². The highest BCUT2D eigenvalue weighted by Gasteiger charge is 2.03. The van der Waals surface area contributed by atoms with Gasteiger partial charge in [0.05, 0.1) is 10.8 Å². The fraction of sp³-hybridized carbons (Fsp3) is 0. The van der Waals surface area contributed by atoms with Gasteiger partial charge in [0.15, 0.2) is 0 Å². The topological polar surface area (TPSA) is 47.3 Å². The second kappa shape index (κ2) is 3.42. The Balaban J connectivity index is 2.51. The summed E-state index contributed by atoms with van der Waals surface area (Å²) in [6, 6.07) is 14.6. The largest absolute Gasteiger partial charge is 0.386 e. The summed E-state index contributed by atoms with van der Waals surface area (Å²) in [6.45, 7) is 0. The molecule has 0 aliphatic heterocycles. The molecule has 0 atom stereocenters. The van der Waals surface area contributed by atoms with Gasteiger partial charge in [-0.15, -0.1) is 0 Å². The molecule has 6 bridgehead atoms. The van der Waals surface area contributed by atoms with Crippen molar-refractivity contribution in [2.24, 2.45) is 0 Å². The van der Waals surface area contributed by atoms with Crippen molar-refractivity contribution in [1.29, 1.82) is 0 Å². The maximum Gasteiger partial charge on any atom is 0.346 e. The zero-order chi connectivity index (χ0) is 13.0. The summed E-state index contributed by atoms with van der Waals surface area (Å²) in [5.74, 6) is 0. The summed E-state index contributed by atoms with van der Waals surface area (Å²) in [4.78, 5) is 23.8. The highest BCUT2D eigenvalue weighted by atomic mass is 16.4. The van der Waals surface area contributed by atoms with Crippen molar-refractivity contribution in [3.8, 4) is 0 Å². The molecule has 4 heterocycles. The van der Waals surface area contributed by atoms with Gasteiger partial charge in [-0.25, -0.2) is 9.59 Å². The van der Waals surface area contributed by atoms with Crippen molar-refractivity contribution in [3.05, 3.63) is 69.4 Å². The molecule has 0 aliphatic rings. The maximum atomic E-state index is 11.9. The zero-order valence-corrected chi connectivity index (χ0v) is 9.84. The molecule has 0 aliphatic carbocycles. The lowest BCUT2D eigenvalue weighted by Gasteiger charge is -2.01. The van der Waals surface area contributed by atoms with Crippen molar-refractivity contribution in [1.82, 2.24) is 0 Å². The van der Waals surface area contributed by atoms with Gasteiger partial charge in [-0.3, -0.25) is 0 Å². The molecule has 0 saturated carbocycles. The van der Waals surface area contributed by atoms with Crippen LogP contribution in [0.15, 0.2) is 62.5 Å². The van der Waals surface area contributed by atoms with Gasteiger partial charge in [-0.05, 0) is 57.9 Å². The molecule has 90 valence electrons. The average molecular weight is 248 g/mol. The third-order valence-electron chi connectivity index (χ3n) is 3.45. The third kappa shape index (κ3) is 1.45. The Morgan fingerprint density at radius 3 is 1.37 bits per heavy atom. The minimum Gasteiger partial charge on any atom is -0.386 e. The van der Waals surface area contributed by atoms with Gasteiger partial charge >= 0.3 is 11.3 Å². The smallest absolute Gasteiger partial charge is 0.346 e. The van der Waals surface area contributed by atoms with E-state index in [1.54, 1.807) is 24.3 Å². The number of fused-ring (bicyclic) bond motifs is 2. The lowest BCUT2D eigenvalue weighted by molar-refractivity contribution is 0.490. The first-order valence-electron chi connectivity index (χ1n) is 5.95. The Morgan fingerprint density at radius 1 is 0.526 bits per heavy atom. The molecule has 0 radical (unpaired) electrons. The normalized spacial score (nSPS) is 11.6. The van der Waals surface area contributed by atoms with Crippen molar-refractivity contribution >= 4 is 32.3 Å². The van der Waals surface area contributed by atoms with E-state index < -0.39 is 11.3 Å². The molecule has 3 nitrogen and oxygen atoms in total. The first-order chi connectivity index (χ1) is 9.20. The molecule has 0 saturated heterocycles. The number of hydrogen-bond acceptors (Lipinski definition) is 3. The summed E-state index contributed by atoms with van der Waals surface area (Å²) in [5.41, 5.74) is -1.22. The van der Waals surface area contributed by atoms with Crippen LogP contribution in [0, 0.1) is 0 Å². The first-order valence-corrected chi connectivity index (χ1v) is 5.95. The van der Waals surface area contributed by atoms with Crippen LogP contribution in [-0.2, 0) is 0 Å². The van der Waals surface area contributed by atoms with E-state index >= 15 is 0 Å². The summed E-state index contributed by atoms with van der Waals surface area (Å²) in [6.07, 6.45) is 0. The average Bonchev–Trinajstić information content (AvgIpc) is 2.46. The molecule has 19 heavy (non-hydrogen) atoms.